The fraction of sp³-hybridized carbons (Fsp3) is 0.531. The molecular weight excluding hydrogens is 650 g/mol. The number of hydrogen-bond acceptors (Lipinski definition) is 9. The maximum atomic E-state index is 13.9. The highest BCUT2D eigenvalue weighted by molar-refractivity contribution is 7.90. The zero-order valence-corrected chi connectivity index (χ0v) is 28.9. The lowest BCUT2D eigenvalue weighted by Gasteiger charge is -2.29. The summed E-state index contributed by atoms with van der Waals surface area (Å²) in [6, 6.07) is 8.27. The molecule has 1 aliphatic heterocycles. The van der Waals surface area contributed by atoms with Gasteiger partial charge in [0.1, 0.15) is 17.7 Å². The third-order valence-corrected chi connectivity index (χ3v) is 8.49. The normalized spacial score (nSPS) is 15.6. The lowest BCUT2D eigenvalue weighted by molar-refractivity contribution is -0.144. The van der Waals surface area contributed by atoms with E-state index in [1.807, 2.05) is 0 Å². The zero-order valence-electron chi connectivity index (χ0n) is 27.4. The molecule has 2 aromatic rings. The molecule has 47 heavy (non-hydrogen) atoms. The van der Waals surface area contributed by atoms with Crippen molar-refractivity contribution >= 4 is 45.5 Å². The van der Waals surface area contributed by atoms with Crippen LogP contribution >= 0.6 is 11.6 Å². The Kier molecular flexibility index (Phi) is 13.5. The summed E-state index contributed by atoms with van der Waals surface area (Å²) in [7, 11) is -4.26. The monoisotopic (exact) mass is 693 g/mol. The van der Waals surface area contributed by atoms with Crippen molar-refractivity contribution < 1.29 is 37.1 Å². The standard InChI is InChI=1S/C32H44ClN5O8S/c1-21(2)45-28(39)20-47(43,44)37-26(14-13-25-9-6-7-15-34-25)30(41)38-16-8-10-27(38)29(40)35-19-23-17-24(33)12-11-22(23)18-36-31(42)46-32(3,4)5/h6-7,9,11-12,15,17,21,26-27,37H,8,10,13-14,16,18-20H2,1-5H3,(H,35,40)(H,36,42)/t26-,27+/m1/s1. The van der Waals surface area contributed by atoms with Gasteiger partial charge in [0, 0.05) is 36.5 Å². The summed E-state index contributed by atoms with van der Waals surface area (Å²) >= 11 is 6.22. The number of carbonyl (C=O) groups excluding carboxylic acids is 4. The van der Waals surface area contributed by atoms with Crippen molar-refractivity contribution in [1.82, 2.24) is 25.2 Å². The number of ether oxygens (including phenoxy) is 2. The molecule has 1 aromatic heterocycles. The van der Waals surface area contributed by atoms with Crippen LogP contribution in [0.1, 0.15) is 70.7 Å². The van der Waals surface area contributed by atoms with E-state index < -0.39 is 63.4 Å². The smallest absolute Gasteiger partial charge is 0.407 e. The van der Waals surface area contributed by atoms with Crippen molar-refractivity contribution in [1.29, 1.82) is 0 Å². The number of rotatable bonds is 14. The molecule has 3 amide bonds. The van der Waals surface area contributed by atoms with Gasteiger partial charge < -0.3 is 25.0 Å². The lowest BCUT2D eigenvalue weighted by Crippen LogP contribution is -2.54. The van der Waals surface area contributed by atoms with Gasteiger partial charge in [-0.15, -0.1) is 0 Å². The number of amides is 3. The Balaban J connectivity index is 1.72. The number of carbonyl (C=O) groups is 4. The van der Waals surface area contributed by atoms with E-state index in [-0.39, 0.29) is 32.5 Å². The Morgan fingerprint density at radius 1 is 1.06 bits per heavy atom. The number of aryl methyl sites for hydroxylation is 1. The molecule has 3 rings (SSSR count). The first kappa shape index (κ1) is 37.7. The first-order valence-electron chi connectivity index (χ1n) is 15.4. The van der Waals surface area contributed by atoms with Gasteiger partial charge in [-0.2, -0.15) is 0 Å². The largest absolute Gasteiger partial charge is 0.462 e. The number of aromatic nitrogens is 1. The Labute approximate surface area is 281 Å². The zero-order chi connectivity index (χ0) is 34.8. The van der Waals surface area contributed by atoms with Gasteiger partial charge in [0.05, 0.1) is 6.10 Å². The molecule has 1 aromatic carbocycles. The second-order valence-corrected chi connectivity index (χ2v) is 14.7. The van der Waals surface area contributed by atoms with Gasteiger partial charge in [0.15, 0.2) is 5.75 Å². The summed E-state index contributed by atoms with van der Waals surface area (Å²) in [4.78, 5) is 57.2. The van der Waals surface area contributed by atoms with Gasteiger partial charge in [0.25, 0.3) is 0 Å². The molecule has 2 heterocycles. The van der Waals surface area contributed by atoms with Crippen molar-refractivity contribution in [3.05, 3.63) is 64.4 Å². The maximum Gasteiger partial charge on any atom is 0.407 e. The molecule has 2 atom stereocenters. The van der Waals surface area contributed by atoms with Crippen LogP contribution in [0.5, 0.6) is 0 Å². The van der Waals surface area contributed by atoms with Gasteiger partial charge in [-0.1, -0.05) is 23.7 Å². The Morgan fingerprint density at radius 2 is 1.79 bits per heavy atom. The van der Waals surface area contributed by atoms with E-state index in [9.17, 15) is 27.6 Å². The quantitative estimate of drug-likeness (QED) is 0.251. The first-order valence-corrected chi connectivity index (χ1v) is 17.5. The number of benzene rings is 1. The SMILES string of the molecule is CC(C)OC(=O)CS(=O)(=O)N[C@H](CCc1ccccn1)C(=O)N1CCC[C@H]1C(=O)NCc1cc(Cl)ccc1CNC(=O)OC(C)(C)C. The molecule has 15 heteroatoms. The fourth-order valence-corrected chi connectivity index (χ4v) is 6.31. The number of hydrogen-bond donors (Lipinski definition) is 3. The van der Waals surface area contributed by atoms with Crippen molar-refractivity contribution in [2.75, 3.05) is 12.3 Å². The molecule has 258 valence electrons. The van der Waals surface area contributed by atoms with E-state index in [1.165, 1.54) is 4.90 Å². The third kappa shape index (κ3) is 12.8. The van der Waals surface area contributed by atoms with Crippen LogP contribution in [0.15, 0.2) is 42.6 Å². The molecule has 0 unspecified atom stereocenters. The average molecular weight is 694 g/mol. The highest BCUT2D eigenvalue weighted by Crippen LogP contribution is 2.22. The van der Waals surface area contributed by atoms with Crippen LogP contribution in [0.2, 0.25) is 5.02 Å². The second-order valence-electron chi connectivity index (χ2n) is 12.5. The molecule has 3 N–H and O–H groups in total. The van der Waals surface area contributed by atoms with E-state index in [2.05, 4.69) is 20.3 Å². The van der Waals surface area contributed by atoms with E-state index >= 15 is 0 Å². The van der Waals surface area contributed by atoms with Crippen LogP contribution in [-0.4, -0.2) is 78.3 Å². The lowest BCUT2D eigenvalue weighted by atomic mass is 10.1. The van der Waals surface area contributed by atoms with Crippen molar-refractivity contribution in [2.45, 2.75) is 97.2 Å². The molecule has 0 bridgehead atoms. The van der Waals surface area contributed by atoms with Gasteiger partial charge >= 0.3 is 12.1 Å². The molecule has 0 aliphatic carbocycles. The fourth-order valence-electron chi connectivity index (χ4n) is 5.00. The predicted octanol–water partition coefficient (Wildman–Crippen LogP) is 3.24. The summed E-state index contributed by atoms with van der Waals surface area (Å²) in [5.74, 6) is -2.89. The molecule has 1 aliphatic rings. The number of alkyl carbamates (subject to hydrolysis) is 1. The summed E-state index contributed by atoms with van der Waals surface area (Å²) in [6.45, 7) is 8.92. The Hall–Kier alpha value is -3.75. The molecule has 1 saturated heterocycles. The minimum Gasteiger partial charge on any atom is -0.462 e. The molecule has 0 spiro atoms. The molecule has 13 nitrogen and oxygen atoms in total. The van der Waals surface area contributed by atoms with E-state index in [4.69, 9.17) is 21.1 Å². The summed E-state index contributed by atoms with van der Waals surface area (Å²) in [5.41, 5.74) is 1.35. The molecule has 1 fully saturated rings. The third-order valence-electron chi connectivity index (χ3n) is 6.99. The van der Waals surface area contributed by atoms with Gasteiger partial charge in [-0.05, 0) is 95.7 Å². The van der Waals surface area contributed by atoms with Gasteiger partial charge in [-0.3, -0.25) is 19.4 Å². The summed E-state index contributed by atoms with van der Waals surface area (Å²) in [5, 5.41) is 6.00. The van der Waals surface area contributed by atoms with Crippen LogP contribution in [0.25, 0.3) is 0 Å². The second kappa shape index (κ2) is 16.9. The van der Waals surface area contributed by atoms with E-state index in [1.54, 1.807) is 77.2 Å². The van der Waals surface area contributed by atoms with Crippen LogP contribution < -0.4 is 15.4 Å². The van der Waals surface area contributed by atoms with Crippen molar-refractivity contribution in [3.63, 3.8) is 0 Å². The number of esters is 1. The summed E-state index contributed by atoms with van der Waals surface area (Å²) < 4.78 is 38.5. The average Bonchev–Trinajstić information content (AvgIpc) is 3.46. The van der Waals surface area contributed by atoms with Crippen molar-refractivity contribution in [2.24, 2.45) is 0 Å². The minimum absolute atomic E-state index is 0.0513. The molecular formula is C32H44ClN5O8S. The van der Waals surface area contributed by atoms with Crippen LogP contribution in [0.4, 0.5) is 4.79 Å². The maximum absolute atomic E-state index is 13.9. The molecule has 0 radical (unpaired) electrons. The highest BCUT2D eigenvalue weighted by Gasteiger charge is 2.38. The highest BCUT2D eigenvalue weighted by atomic mass is 35.5. The summed E-state index contributed by atoms with van der Waals surface area (Å²) in [6.07, 6.45) is 1.73. The van der Waals surface area contributed by atoms with Crippen LogP contribution in [0, 0.1) is 0 Å². The Morgan fingerprint density at radius 3 is 2.45 bits per heavy atom. The number of nitrogens with one attached hydrogen (secondary N) is 3. The molecule has 0 saturated carbocycles. The number of nitrogens with zero attached hydrogens (tertiary/aromatic N) is 2. The minimum atomic E-state index is -4.26. The Bertz CT molecular complexity index is 1520. The van der Waals surface area contributed by atoms with Crippen LogP contribution in [0.3, 0.4) is 0 Å². The number of halogens is 1. The number of likely N-dealkylation sites (tertiary alicyclic amines) is 1. The van der Waals surface area contributed by atoms with E-state index in [0.717, 1.165) is 0 Å². The van der Waals surface area contributed by atoms with Gasteiger partial charge in [0.2, 0.25) is 21.8 Å². The number of sulfonamides is 1. The number of pyridine rings is 1. The predicted molar refractivity (Wildman–Crippen MR) is 176 cm³/mol. The first-order chi connectivity index (χ1) is 22.0. The van der Waals surface area contributed by atoms with E-state index in [0.29, 0.717) is 34.7 Å². The van der Waals surface area contributed by atoms with Crippen LogP contribution in [-0.2, 0) is 53.4 Å². The van der Waals surface area contributed by atoms with Crippen molar-refractivity contribution in [3.8, 4) is 0 Å². The van der Waals surface area contributed by atoms with Gasteiger partial charge in [-0.25, -0.2) is 17.9 Å². The topological polar surface area (TPSA) is 173 Å².